The molecule has 0 radical (unpaired) electrons. The average molecular weight is 318 g/mol. The Morgan fingerprint density at radius 2 is 2.00 bits per heavy atom. The minimum absolute atomic E-state index is 0.137. The number of nitro groups is 1. The molecular weight excluding hydrogens is 303 g/mol. The molecule has 1 aromatic carbocycles. The van der Waals surface area contributed by atoms with Crippen molar-refractivity contribution in [3.05, 3.63) is 52.7 Å². The second-order valence-corrected chi connectivity index (χ2v) is 4.31. The molecule has 7 nitrogen and oxygen atoms in total. The van der Waals surface area contributed by atoms with E-state index in [0.29, 0.717) is 11.0 Å². The molecule has 2 aromatic heterocycles. The number of benzene rings is 1. The maximum Gasteiger partial charge on any atom is 0.272 e. The van der Waals surface area contributed by atoms with Crippen LogP contribution in [0.3, 0.4) is 0 Å². The molecule has 3 rings (SSSR count). The van der Waals surface area contributed by atoms with Crippen LogP contribution < -0.4 is 4.74 Å². The first-order chi connectivity index (χ1) is 11.1. The molecule has 23 heavy (non-hydrogen) atoms. The van der Waals surface area contributed by atoms with Gasteiger partial charge in [-0.05, 0) is 12.1 Å². The fourth-order valence-electron chi connectivity index (χ4n) is 1.95. The number of hydrogen-bond donors (Lipinski definition) is 0. The van der Waals surface area contributed by atoms with Crippen LogP contribution in [-0.2, 0) is 7.05 Å². The lowest BCUT2D eigenvalue weighted by atomic mass is 10.3. The Kier molecular flexibility index (Phi) is 4.85. The highest BCUT2D eigenvalue weighted by Gasteiger charge is 2.15. The van der Waals surface area contributed by atoms with E-state index in [1.54, 1.807) is 23.9 Å². The molecule has 0 fully saturated rings. The van der Waals surface area contributed by atoms with E-state index in [9.17, 15) is 14.5 Å². The Morgan fingerprint density at radius 3 is 2.65 bits per heavy atom. The van der Waals surface area contributed by atoms with Crippen molar-refractivity contribution in [3.8, 4) is 11.6 Å². The van der Waals surface area contributed by atoms with Crippen molar-refractivity contribution < 1.29 is 14.1 Å². The van der Waals surface area contributed by atoms with Crippen LogP contribution in [-0.4, -0.2) is 19.5 Å². The van der Waals surface area contributed by atoms with Gasteiger partial charge in [0.2, 0.25) is 5.88 Å². The van der Waals surface area contributed by atoms with E-state index in [1.807, 2.05) is 13.8 Å². The van der Waals surface area contributed by atoms with E-state index in [4.69, 9.17) is 4.74 Å². The van der Waals surface area contributed by atoms with Crippen LogP contribution in [0.15, 0.2) is 36.8 Å². The fraction of sp³-hybridized carbons (Fsp3) is 0.200. The molecule has 0 aliphatic heterocycles. The maximum absolute atomic E-state index is 13.8. The molecule has 0 unspecified atom stereocenters. The van der Waals surface area contributed by atoms with Crippen molar-refractivity contribution >= 4 is 16.7 Å². The molecule has 0 N–H and O–H groups in total. The molecule has 8 heteroatoms. The Morgan fingerprint density at radius 1 is 1.26 bits per heavy atom. The predicted molar refractivity (Wildman–Crippen MR) is 83.0 cm³/mol. The van der Waals surface area contributed by atoms with Gasteiger partial charge in [0.25, 0.3) is 5.69 Å². The van der Waals surface area contributed by atoms with Gasteiger partial charge in [0, 0.05) is 19.3 Å². The van der Waals surface area contributed by atoms with Crippen LogP contribution in [0.4, 0.5) is 10.1 Å². The van der Waals surface area contributed by atoms with Gasteiger partial charge >= 0.3 is 0 Å². The molecule has 0 bridgehead atoms. The topological polar surface area (TPSA) is 83.1 Å². The Hall–Kier alpha value is -3.03. The number of nitro benzene ring substituents is 1. The molecule has 0 spiro atoms. The molecule has 120 valence electrons. The second kappa shape index (κ2) is 6.82. The number of rotatable bonds is 3. The number of aryl methyl sites for hydroxylation is 1. The van der Waals surface area contributed by atoms with Crippen LogP contribution >= 0.6 is 0 Å². The van der Waals surface area contributed by atoms with Crippen LogP contribution in [0, 0.1) is 15.9 Å². The standard InChI is InChI=1S/C13H9FN4O3.C2H6/c1-17-5-4-10-12(17)13(16-7-15-10)21-11-3-2-8(18(19)20)6-9(11)14;1-2/h2-7H,1H3;1-2H3. The zero-order valence-corrected chi connectivity index (χ0v) is 12.9. The minimum Gasteiger partial charge on any atom is -0.434 e. The molecule has 0 saturated carbocycles. The zero-order chi connectivity index (χ0) is 17.0. The highest BCUT2D eigenvalue weighted by Crippen LogP contribution is 2.30. The normalized spacial score (nSPS) is 10.1. The third-order valence-corrected chi connectivity index (χ3v) is 2.96. The number of non-ortho nitro benzene ring substituents is 1. The molecule has 0 amide bonds. The number of fused-ring (bicyclic) bond motifs is 1. The summed E-state index contributed by atoms with van der Waals surface area (Å²) in [5, 5.41) is 10.6. The van der Waals surface area contributed by atoms with Crippen molar-refractivity contribution in [1.82, 2.24) is 14.5 Å². The van der Waals surface area contributed by atoms with Gasteiger partial charge in [-0.2, -0.15) is 4.98 Å². The Bertz CT molecular complexity index is 848. The SMILES string of the molecule is CC.Cn1ccc2ncnc(Oc3ccc([N+](=O)[O-])cc3F)c21. The lowest BCUT2D eigenvalue weighted by Gasteiger charge is -2.07. The lowest BCUT2D eigenvalue weighted by Crippen LogP contribution is -1.97. The third-order valence-electron chi connectivity index (χ3n) is 2.96. The van der Waals surface area contributed by atoms with Gasteiger partial charge in [-0.1, -0.05) is 13.8 Å². The van der Waals surface area contributed by atoms with Gasteiger partial charge < -0.3 is 9.30 Å². The number of ether oxygens (including phenoxy) is 1. The van der Waals surface area contributed by atoms with E-state index in [2.05, 4.69) is 9.97 Å². The van der Waals surface area contributed by atoms with Crippen molar-refractivity contribution in [3.63, 3.8) is 0 Å². The summed E-state index contributed by atoms with van der Waals surface area (Å²) < 4.78 is 21.0. The average Bonchev–Trinajstić information content (AvgIpc) is 2.93. The molecular formula is C15H15FN4O3. The first kappa shape index (κ1) is 16.3. The highest BCUT2D eigenvalue weighted by molar-refractivity contribution is 5.80. The lowest BCUT2D eigenvalue weighted by molar-refractivity contribution is -0.385. The van der Waals surface area contributed by atoms with Gasteiger partial charge in [0.1, 0.15) is 11.8 Å². The maximum atomic E-state index is 13.8. The zero-order valence-electron chi connectivity index (χ0n) is 12.9. The molecule has 3 aromatic rings. The quantitative estimate of drug-likeness (QED) is 0.541. The summed E-state index contributed by atoms with van der Waals surface area (Å²) in [6, 6.07) is 4.95. The molecule has 0 saturated heterocycles. The molecule has 2 heterocycles. The van der Waals surface area contributed by atoms with Crippen LogP contribution in [0.5, 0.6) is 11.6 Å². The van der Waals surface area contributed by atoms with Crippen molar-refractivity contribution in [2.45, 2.75) is 13.8 Å². The van der Waals surface area contributed by atoms with E-state index in [0.717, 1.165) is 6.07 Å². The minimum atomic E-state index is -0.829. The number of nitrogens with zero attached hydrogens (tertiary/aromatic N) is 4. The first-order valence-corrected chi connectivity index (χ1v) is 6.94. The molecule has 0 aliphatic rings. The molecule has 0 atom stereocenters. The Labute approximate surface area is 131 Å². The van der Waals surface area contributed by atoms with Gasteiger partial charge in [0.05, 0.1) is 16.5 Å². The molecule has 0 aliphatic carbocycles. The van der Waals surface area contributed by atoms with Gasteiger partial charge in [0.15, 0.2) is 11.6 Å². The second-order valence-electron chi connectivity index (χ2n) is 4.31. The van der Waals surface area contributed by atoms with Crippen molar-refractivity contribution in [2.24, 2.45) is 7.05 Å². The monoisotopic (exact) mass is 318 g/mol. The van der Waals surface area contributed by atoms with Gasteiger partial charge in [-0.15, -0.1) is 0 Å². The smallest absolute Gasteiger partial charge is 0.272 e. The Balaban J connectivity index is 0.000000924. The number of halogens is 1. The summed E-state index contributed by atoms with van der Waals surface area (Å²) in [5.74, 6) is -0.785. The highest BCUT2D eigenvalue weighted by atomic mass is 19.1. The van der Waals surface area contributed by atoms with Crippen LogP contribution in [0.2, 0.25) is 0 Å². The summed E-state index contributed by atoms with van der Waals surface area (Å²) in [4.78, 5) is 18.0. The van der Waals surface area contributed by atoms with Gasteiger partial charge in [-0.3, -0.25) is 10.1 Å². The number of hydrogen-bond acceptors (Lipinski definition) is 5. The third kappa shape index (κ3) is 3.25. The predicted octanol–water partition coefficient (Wildman–Crippen LogP) is 3.83. The summed E-state index contributed by atoms with van der Waals surface area (Å²) in [6.07, 6.45) is 3.08. The van der Waals surface area contributed by atoms with E-state index in [-0.39, 0.29) is 17.3 Å². The van der Waals surface area contributed by atoms with Crippen LogP contribution in [0.1, 0.15) is 13.8 Å². The summed E-state index contributed by atoms with van der Waals surface area (Å²) in [6.45, 7) is 4.00. The number of aromatic nitrogens is 3. The summed E-state index contributed by atoms with van der Waals surface area (Å²) in [7, 11) is 1.78. The van der Waals surface area contributed by atoms with E-state index in [1.165, 1.54) is 18.5 Å². The van der Waals surface area contributed by atoms with Gasteiger partial charge in [-0.25, -0.2) is 9.37 Å². The van der Waals surface area contributed by atoms with Crippen LogP contribution in [0.25, 0.3) is 11.0 Å². The summed E-state index contributed by atoms with van der Waals surface area (Å²) in [5.41, 5.74) is 0.923. The largest absolute Gasteiger partial charge is 0.434 e. The van der Waals surface area contributed by atoms with E-state index < -0.39 is 10.7 Å². The first-order valence-electron chi connectivity index (χ1n) is 6.94. The van der Waals surface area contributed by atoms with Crippen molar-refractivity contribution in [2.75, 3.05) is 0 Å². The summed E-state index contributed by atoms with van der Waals surface area (Å²) >= 11 is 0. The fourth-order valence-corrected chi connectivity index (χ4v) is 1.95. The van der Waals surface area contributed by atoms with Crippen molar-refractivity contribution in [1.29, 1.82) is 0 Å². The van der Waals surface area contributed by atoms with E-state index >= 15 is 0 Å².